The molecule has 0 aliphatic heterocycles. The molecule has 3 heterocycles. The predicted octanol–water partition coefficient (Wildman–Crippen LogP) is 1.71. The van der Waals surface area contributed by atoms with Gasteiger partial charge in [0.2, 0.25) is 0 Å². The Morgan fingerprint density at radius 1 is 1.18 bits per heavy atom. The van der Waals surface area contributed by atoms with E-state index in [0.717, 1.165) is 27.0 Å². The van der Waals surface area contributed by atoms with Gasteiger partial charge < -0.3 is 5.32 Å². The van der Waals surface area contributed by atoms with Crippen LogP contribution in [0.2, 0.25) is 0 Å². The minimum absolute atomic E-state index is 0.0578. The second-order valence-corrected chi connectivity index (χ2v) is 6.58. The van der Waals surface area contributed by atoms with Gasteiger partial charge in [-0.05, 0) is 32.4 Å². The molecule has 9 nitrogen and oxygen atoms in total. The number of H-pyrrole nitrogens is 1. The Balaban J connectivity index is 1.61. The third-order valence-electron chi connectivity index (χ3n) is 4.76. The second-order valence-electron chi connectivity index (χ2n) is 6.58. The van der Waals surface area contributed by atoms with Crippen LogP contribution in [0.3, 0.4) is 0 Å². The number of hydrogen-bond donors (Lipinski definition) is 2. The summed E-state index contributed by atoms with van der Waals surface area (Å²) < 4.78 is 2.97. The topological polar surface area (TPSA) is 110 Å². The van der Waals surface area contributed by atoms with Gasteiger partial charge in [0.1, 0.15) is 11.9 Å². The molecule has 0 aliphatic rings. The lowest BCUT2D eigenvalue weighted by Crippen LogP contribution is -2.33. The maximum Gasteiger partial charge on any atom is 0.286 e. The fraction of sp³-hybridized carbons (Fsp3) is 0.211. The highest BCUT2D eigenvalue weighted by molar-refractivity contribution is 5.93. The number of fused-ring (bicyclic) bond motifs is 1. The summed E-state index contributed by atoms with van der Waals surface area (Å²) in [6.45, 7) is 5.82. The summed E-state index contributed by atoms with van der Waals surface area (Å²) in [5.74, 6) is -0.290. The second kappa shape index (κ2) is 6.76. The van der Waals surface area contributed by atoms with E-state index in [2.05, 4.69) is 25.5 Å². The van der Waals surface area contributed by atoms with Crippen LogP contribution in [-0.2, 0) is 0 Å². The Morgan fingerprint density at radius 2 is 1.96 bits per heavy atom. The van der Waals surface area contributed by atoms with Crippen LogP contribution in [0.4, 0.5) is 0 Å². The molecule has 28 heavy (non-hydrogen) atoms. The highest BCUT2D eigenvalue weighted by Crippen LogP contribution is 2.22. The van der Waals surface area contributed by atoms with Gasteiger partial charge in [-0.3, -0.25) is 14.7 Å². The first-order chi connectivity index (χ1) is 13.5. The summed E-state index contributed by atoms with van der Waals surface area (Å²) in [6.07, 6.45) is 4.32. The van der Waals surface area contributed by atoms with Gasteiger partial charge in [-0.15, -0.1) is 0 Å². The largest absolute Gasteiger partial charge is 0.345 e. The van der Waals surface area contributed by atoms with Crippen LogP contribution >= 0.6 is 0 Å². The average molecular weight is 377 g/mol. The molecule has 1 atom stereocenters. The molecule has 0 spiro atoms. The van der Waals surface area contributed by atoms with Crippen LogP contribution in [-0.4, -0.2) is 35.3 Å². The molecular weight excluding hydrogens is 358 g/mol. The highest BCUT2D eigenvalue weighted by atomic mass is 16.2. The SMILES string of the molecule is Cc1ccccc1-n1ncc([C@@H](C)NC(=O)c2cnc3nc[nH]n3c2=O)c1C. The molecule has 4 rings (SSSR count). The molecule has 9 heteroatoms. The molecule has 4 aromatic rings. The predicted molar refractivity (Wildman–Crippen MR) is 103 cm³/mol. The van der Waals surface area contributed by atoms with Crippen molar-refractivity contribution in [3.8, 4) is 5.69 Å². The zero-order valence-corrected chi connectivity index (χ0v) is 15.7. The normalized spacial score (nSPS) is 12.2. The molecule has 0 radical (unpaired) electrons. The zero-order chi connectivity index (χ0) is 19.8. The molecule has 0 saturated carbocycles. The number of carbonyl (C=O) groups is 1. The van der Waals surface area contributed by atoms with Crippen molar-refractivity contribution in [1.82, 2.24) is 34.7 Å². The maximum atomic E-state index is 12.6. The first kappa shape index (κ1) is 17.7. The van der Waals surface area contributed by atoms with Crippen molar-refractivity contribution in [3.63, 3.8) is 0 Å². The summed E-state index contributed by atoms with van der Waals surface area (Å²) in [5.41, 5.74) is 3.31. The molecule has 0 aliphatic carbocycles. The summed E-state index contributed by atoms with van der Waals surface area (Å²) in [5, 5.41) is 9.97. The fourth-order valence-electron chi connectivity index (χ4n) is 3.20. The quantitative estimate of drug-likeness (QED) is 0.563. The van der Waals surface area contributed by atoms with Crippen molar-refractivity contribution in [3.05, 3.63) is 75.7 Å². The van der Waals surface area contributed by atoms with Crippen LogP contribution in [0.5, 0.6) is 0 Å². The van der Waals surface area contributed by atoms with Crippen molar-refractivity contribution in [2.75, 3.05) is 0 Å². The number of aromatic nitrogens is 6. The Labute approximate surface area is 160 Å². The van der Waals surface area contributed by atoms with Gasteiger partial charge in [0, 0.05) is 17.5 Å². The minimum atomic E-state index is -0.503. The first-order valence-corrected chi connectivity index (χ1v) is 8.80. The van der Waals surface area contributed by atoms with E-state index in [1.807, 2.05) is 49.7 Å². The van der Waals surface area contributed by atoms with Crippen molar-refractivity contribution in [2.24, 2.45) is 0 Å². The van der Waals surface area contributed by atoms with Gasteiger partial charge in [-0.1, -0.05) is 18.2 Å². The van der Waals surface area contributed by atoms with Crippen LogP contribution in [0, 0.1) is 13.8 Å². The van der Waals surface area contributed by atoms with Crippen molar-refractivity contribution in [1.29, 1.82) is 0 Å². The van der Waals surface area contributed by atoms with E-state index in [0.29, 0.717) is 0 Å². The Bertz CT molecular complexity index is 1230. The minimum Gasteiger partial charge on any atom is -0.345 e. The lowest BCUT2D eigenvalue weighted by Gasteiger charge is -2.14. The number of nitrogens with zero attached hydrogens (tertiary/aromatic N) is 5. The molecule has 1 aromatic carbocycles. The summed E-state index contributed by atoms with van der Waals surface area (Å²) in [7, 11) is 0. The van der Waals surface area contributed by atoms with Crippen LogP contribution in [0.15, 0.2) is 47.8 Å². The Hall–Kier alpha value is -3.75. The summed E-state index contributed by atoms with van der Waals surface area (Å²) in [4.78, 5) is 33.0. The van der Waals surface area contributed by atoms with Gasteiger partial charge in [0.15, 0.2) is 0 Å². The third kappa shape index (κ3) is 2.86. The summed E-state index contributed by atoms with van der Waals surface area (Å²) in [6, 6.07) is 7.61. The lowest BCUT2D eigenvalue weighted by atomic mass is 10.1. The van der Waals surface area contributed by atoms with Crippen LogP contribution in [0.1, 0.15) is 40.1 Å². The third-order valence-corrected chi connectivity index (χ3v) is 4.76. The van der Waals surface area contributed by atoms with Gasteiger partial charge >= 0.3 is 0 Å². The molecule has 2 N–H and O–H groups in total. The van der Waals surface area contributed by atoms with Crippen molar-refractivity contribution >= 4 is 11.7 Å². The van der Waals surface area contributed by atoms with E-state index in [4.69, 9.17) is 0 Å². The number of rotatable bonds is 4. The molecule has 142 valence electrons. The number of nitrogens with one attached hydrogen (secondary N) is 2. The van der Waals surface area contributed by atoms with Crippen LogP contribution in [0.25, 0.3) is 11.5 Å². The van der Waals surface area contributed by atoms with Crippen molar-refractivity contribution in [2.45, 2.75) is 26.8 Å². The number of para-hydroxylation sites is 1. The number of aryl methyl sites for hydroxylation is 1. The highest BCUT2D eigenvalue weighted by Gasteiger charge is 2.20. The van der Waals surface area contributed by atoms with Gasteiger partial charge in [-0.25, -0.2) is 14.6 Å². The molecule has 0 saturated heterocycles. The van der Waals surface area contributed by atoms with Crippen molar-refractivity contribution < 1.29 is 4.79 Å². The number of benzene rings is 1. The lowest BCUT2D eigenvalue weighted by molar-refractivity contribution is 0.0937. The van der Waals surface area contributed by atoms with Gasteiger partial charge in [0.05, 0.1) is 17.9 Å². The van der Waals surface area contributed by atoms with Gasteiger partial charge in [0.25, 0.3) is 17.2 Å². The monoisotopic (exact) mass is 377 g/mol. The maximum absolute atomic E-state index is 12.6. The fourth-order valence-corrected chi connectivity index (χ4v) is 3.20. The van der Waals surface area contributed by atoms with E-state index in [1.54, 1.807) is 6.20 Å². The van der Waals surface area contributed by atoms with Crippen LogP contribution < -0.4 is 10.9 Å². The number of carbonyl (C=O) groups excluding carboxylic acids is 1. The zero-order valence-electron chi connectivity index (χ0n) is 15.7. The molecule has 0 unspecified atom stereocenters. The molecule has 0 bridgehead atoms. The number of hydrogen-bond acceptors (Lipinski definition) is 5. The van der Waals surface area contributed by atoms with E-state index in [-0.39, 0.29) is 17.4 Å². The van der Waals surface area contributed by atoms with Gasteiger partial charge in [-0.2, -0.15) is 9.61 Å². The molecule has 3 aromatic heterocycles. The Morgan fingerprint density at radius 3 is 2.75 bits per heavy atom. The number of amides is 1. The van der Waals surface area contributed by atoms with E-state index < -0.39 is 11.5 Å². The summed E-state index contributed by atoms with van der Waals surface area (Å²) >= 11 is 0. The molecule has 0 fully saturated rings. The first-order valence-electron chi connectivity index (χ1n) is 8.80. The molecule has 1 amide bonds. The Kier molecular flexibility index (Phi) is 4.26. The number of aromatic amines is 1. The van der Waals surface area contributed by atoms with E-state index in [1.165, 1.54) is 12.5 Å². The average Bonchev–Trinajstić information content (AvgIpc) is 3.29. The van der Waals surface area contributed by atoms with E-state index in [9.17, 15) is 9.59 Å². The molecular formula is C19H19N7O2. The standard InChI is InChI=1S/C19H19N7O2/c1-11-6-4-5-7-16(11)25-13(3)14(9-22-25)12(2)24-17(27)15-8-20-19-21-10-23-26(19)18(15)28/h4-10,12H,1-3H3,(H,24,27)(H,20,21,23)/t12-/m1/s1. The van der Waals surface area contributed by atoms with E-state index >= 15 is 0 Å². The smallest absolute Gasteiger partial charge is 0.286 e.